The van der Waals surface area contributed by atoms with Gasteiger partial charge in [0.1, 0.15) is 5.82 Å². The van der Waals surface area contributed by atoms with Crippen LogP contribution in [0.15, 0.2) is 41.3 Å². The minimum Gasteiger partial charge on any atom is -0.366 e. The van der Waals surface area contributed by atoms with Crippen molar-refractivity contribution in [3.05, 3.63) is 52.5 Å². The van der Waals surface area contributed by atoms with E-state index in [4.69, 9.17) is 4.98 Å². The average molecular weight is 501 g/mol. The third-order valence-electron chi connectivity index (χ3n) is 6.92. The number of hydrogen-bond acceptors (Lipinski definition) is 5. The molecule has 4 heterocycles. The van der Waals surface area contributed by atoms with Gasteiger partial charge in [-0.15, -0.1) is 0 Å². The van der Waals surface area contributed by atoms with Crippen molar-refractivity contribution in [1.29, 1.82) is 0 Å². The minimum atomic E-state index is 0.545. The lowest BCUT2D eigenvalue weighted by molar-refractivity contribution is 0.260. The highest BCUT2D eigenvalue weighted by atomic mass is 79.9. The molecule has 0 bridgehead atoms. The van der Waals surface area contributed by atoms with Crippen LogP contribution in [0.5, 0.6) is 0 Å². The Kier molecular flexibility index (Phi) is 6.79. The zero-order valence-electron chi connectivity index (χ0n) is 17.8. The summed E-state index contributed by atoms with van der Waals surface area (Å²) in [6.07, 6.45) is 15.1. The third kappa shape index (κ3) is 5.08. The smallest absolute Gasteiger partial charge is 0.171 e. The second-order valence-electron chi connectivity index (χ2n) is 9.02. The van der Waals surface area contributed by atoms with Gasteiger partial charge < -0.3 is 5.32 Å². The maximum atomic E-state index is 5.01. The molecular weight excluding hydrogens is 470 g/mol. The molecule has 0 radical (unpaired) electrons. The van der Waals surface area contributed by atoms with Gasteiger partial charge in [-0.3, -0.25) is 4.98 Å². The van der Waals surface area contributed by atoms with Gasteiger partial charge in [-0.2, -0.15) is 21.4 Å². The van der Waals surface area contributed by atoms with Crippen LogP contribution in [0.1, 0.15) is 62.1 Å². The van der Waals surface area contributed by atoms with Gasteiger partial charge in [-0.25, -0.2) is 4.98 Å². The number of rotatable bonds is 6. The molecule has 164 valence electrons. The van der Waals surface area contributed by atoms with Crippen LogP contribution in [-0.2, 0) is 6.54 Å². The Bertz CT molecular complexity index is 994. The first-order valence-corrected chi connectivity index (χ1v) is 13.5. The number of thioether (sulfide) groups is 1. The van der Waals surface area contributed by atoms with Crippen molar-refractivity contribution < 1.29 is 0 Å². The molecule has 5 rings (SSSR count). The van der Waals surface area contributed by atoms with Crippen LogP contribution in [0, 0.1) is 11.8 Å². The summed E-state index contributed by atoms with van der Waals surface area (Å²) in [6.45, 7) is 0.719. The molecule has 31 heavy (non-hydrogen) atoms. The number of hydrogen-bond donors (Lipinski definition) is 1. The molecular formula is C24H30BrN5S. The van der Waals surface area contributed by atoms with Crippen LogP contribution in [0.3, 0.4) is 0 Å². The SMILES string of the molecule is Brc1cnn2c(NCc3cccnc3)cc(C3CCC(CC4CCSCC4)CC3)nc12. The van der Waals surface area contributed by atoms with Crippen molar-refractivity contribution >= 4 is 39.2 Å². The van der Waals surface area contributed by atoms with Crippen LogP contribution < -0.4 is 5.32 Å². The van der Waals surface area contributed by atoms with Crippen LogP contribution in [0.2, 0.25) is 0 Å². The molecule has 5 nitrogen and oxygen atoms in total. The lowest BCUT2D eigenvalue weighted by atomic mass is 9.76. The summed E-state index contributed by atoms with van der Waals surface area (Å²) in [7, 11) is 0. The summed E-state index contributed by atoms with van der Waals surface area (Å²) in [5.41, 5.74) is 3.25. The largest absolute Gasteiger partial charge is 0.366 e. The molecule has 3 aromatic heterocycles. The molecule has 2 fully saturated rings. The molecule has 0 amide bonds. The molecule has 0 atom stereocenters. The molecule has 1 saturated carbocycles. The Morgan fingerprint density at radius 3 is 2.65 bits per heavy atom. The van der Waals surface area contributed by atoms with E-state index in [0.717, 1.165) is 39.9 Å². The topological polar surface area (TPSA) is 55.1 Å². The van der Waals surface area contributed by atoms with E-state index in [-0.39, 0.29) is 0 Å². The van der Waals surface area contributed by atoms with E-state index >= 15 is 0 Å². The summed E-state index contributed by atoms with van der Waals surface area (Å²) < 4.78 is 2.85. The van der Waals surface area contributed by atoms with Crippen LogP contribution in [0.25, 0.3) is 5.65 Å². The lowest BCUT2D eigenvalue weighted by Gasteiger charge is -2.32. The molecule has 0 aromatic carbocycles. The Morgan fingerprint density at radius 2 is 1.87 bits per heavy atom. The molecule has 1 N–H and O–H groups in total. The highest BCUT2D eigenvalue weighted by molar-refractivity contribution is 9.10. The highest BCUT2D eigenvalue weighted by Crippen LogP contribution is 2.40. The van der Waals surface area contributed by atoms with Crippen LogP contribution in [-0.4, -0.2) is 31.1 Å². The van der Waals surface area contributed by atoms with E-state index < -0.39 is 0 Å². The van der Waals surface area contributed by atoms with Gasteiger partial charge in [-0.1, -0.05) is 6.07 Å². The van der Waals surface area contributed by atoms with Gasteiger partial charge in [0.25, 0.3) is 0 Å². The van der Waals surface area contributed by atoms with E-state index in [1.165, 1.54) is 62.1 Å². The van der Waals surface area contributed by atoms with E-state index in [1.807, 2.05) is 23.0 Å². The molecule has 1 aliphatic heterocycles. The summed E-state index contributed by atoms with van der Waals surface area (Å²) in [4.78, 5) is 9.23. The predicted octanol–water partition coefficient (Wildman–Crippen LogP) is 6.31. The van der Waals surface area contributed by atoms with Gasteiger partial charge >= 0.3 is 0 Å². The molecule has 1 aliphatic carbocycles. The molecule has 0 spiro atoms. The van der Waals surface area contributed by atoms with Gasteiger partial charge in [0.05, 0.1) is 10.7 Å². The fourth-order valence-electron chi connectivity index (χ4n) is 5.13. The summed E-state index contributed by atoms with van der Waals surface area (Å²) in [5.74, 6) is 6.18. The Hall–Kier alpha value is -1.60. The van der Waals surface area contributed by atoms with Crippen molar-refractivity contribution in [2.45, 2.75) is 57.4 Å². The van der Waals surface area contributed by atoms with Crippen LogP contribution >= 0.6 is 27.7 Å². The number of nitrogens with one attached hydrogen (secondary N) is 1. The number of pyridine rings is 1. The predicted molar refractivity (Wildman–Crippen MR) is 132 cm³/mol. The quantitative estimate of drug-likeness (QED) is 0.430. The highest BCUT2D eigenvalue weighted by Gasteiger charge is 2.27. The Labute approximate surface area is 197 Å². The standard InChI is InChI=1S/C24H30BrN5S/c25-21-16-28-30-23(27-15-19-2-1-9-26-14-19)13-22(29-24(21)30)20-5-3-17(4-6-20)12-18-7-10-31-11-8-18/h1-2,9,13-14,16-18,20,27H,3-8,10-12,15H2. The fourth-order valence-corrected chi connectivity index (χ4v) is 6.68. The maximum Gasteiger partial charge on any atom is 0.171 e. The van der Waals surface area contributed by atoms with E-state index in [0.29, 0.717) is 5.92 Å². The van der Waals surface area contributed by atoms with Gasteiger partial charge in [0.2, 0.25) is 0 Å². The third-order valence-corrected chi connectivity index (χ3v) is 8.53. The number of nitrogens with zero attached hydrogens (tertiary/aromatic N) is 4. The molecule has 0 unspecified atom stereocenters. The first-order valence-electron chi connectivity index (χ1n) is 11.5. The average Bonchev–Trinajstić information content (AvgIpc) is 3.20. The lowest BCUT2D eigenvalue weighted by Crippen LogP contribution is -2.20. The van der Waals surface area contributed by atoms with E-state index in [2.05, 4.69) is 55.2 Å². The fraction of sp³-hybridized carbons (Fsp3) is 0.542. The first kappa shape index (κ1) is 21.3. The second kappa shape index (κ2) is 9.90. The number of halogens is 1. The number of fused-ring (bicyclic) bond motifs is 1. The molecule has 7 heteroatoms. The zero-order chi connectivity index (χ0) is 21.0. The van der Waals surface area contributed by atoms with E-state index in [1.54, 1.807) is 6.20 Å². The number of anilines is 1. The summed E-state index contributed by atoms with van der Waals surface area (Å²) in [6, 6.07) is 6.27. The summed E-state index contributed by atoms with van der Waals surface area (Å²) >= 11 is 5.77. The Balaban J connectivity index is 1.29. The molecule has 1 saturated heterocycles. The van der Waals surface area contributed by atoms with Gasteiger partial charge in [0.15, 0.2) is 5.65 Å². The van der Waals surface area contributed by atoms with Crippen molar-refractivity contribution in [2.24, 2.45) is 11.8 Å². The number of aromatic nitrogens is 4. The normalized spacial score (nSPS) is 22.6. The molecule has 2 aliphatic rings. The summed E-state index contributed by atoms with van der Waals surface area (Å²) in [5, 5.41) is 8.08. The van der Waals surface area contributed by atoms with Crippen LogP contribution in [0.4, 0.5) is 5.82 Å². The van der Waals surface area contributed by atoms with Crippen molar-refractivity contribution in [3.8, 4) is 0 Å². The minimum absolute atomic E-state index is 0.545. The van der Waals surface area contributed by atoms with Gasteiger partial charge in [-0.05, 0) is 95.8 Å². The van der Waals surface area contributed by atoms with Crippen molar-refractivity contribution in [1.82, 2.24) is 19.6 Å². The maximum absolute atomic E-state index is 5.01. The molecule has 3 aromatic rings. The Morgan fingerprint density at radius 1 is 1.06 bits per heavy atom. The zero-order valence-corrected chi connectivity index (χ0v) is 20.2. The van der Waals surface area contributed by atoms with E-state index in [9.17, 15) is 0 Å². The monoisotopic (exact) mass is 499 g/mol. The first-order chi connectivity index (χ1) is 15.3. The van der Waals surface area contributed by atoms with Gasteiger partial charge in [0, 0.05) is 36.6 Å². The van der Waals surface area contributed by atoms with Crippen molar-refractivity contribution in [3.63, 3.8) is 0 Å². The second-order valence-corrected chi connectivity index (χ2v) is 11.1. The van der Waals surface area contributed by atoms with Crippen molar-refractivity contribution in [2.75, 3.05) is 16.8 Å².